The van der Waals surface area contributed by atoms with Gasteiger partial charge in [0.1, 0.15) is 5.56 Å². The minimum atomic E-state index is -0.562. The van der Waals surface area contributed by atoms with E-state index in [2.05, 4.69) is 4.99 Å². The molecule has 1 N–H and O–H groups in total. The van der Waals surface area contributed by atoms with Gasteiger partial charge in [-0.25, -0.2) is 4.79 Å². The Kier molecular flexibility index (Phi) is 5.07. The van der Waals surface area contributed by atoms with E-state index in [1.165, 1.54) is 10.6 Å². The third kappa shape index (κ3) is 3.87. The summed E-state index contributed by atoms with van der Waals surface area (Å²) in [6, 6.07) is 18.6. The van der Waals surface area contributed by atoms with Gasteiger partial charge in [0.25, 0.3) is 5.56 Å². The minimum Gasteiger partial charge on any atom is -0.494 e. The van der Waals surface area contributed by atoms with Crippen molar-refractivity contribution in [2.75, 3.05) is 0 Å². The van der Waals surface area contributed by atoms with E-state index < -0.39 is 11.2 Å². The van der Waals surface area contributed by atoms with Gasteiger partial charge in [-0.15, -0.1) is 0 Å². The molecule has 0 atom stereocenters. The first-order valence-electron chi connectivity index (χ1n) is 9.20. The number of benzene rings is 2. The highest BCUT2D eigenvalue weighted by Crippen LogP contribution is 2.18. The van der Waals surface area contributed by atoms with Gasteiger partial charge in [0, 0.05) is 6.21 Å². The second-order valence-electron chi connectivity index (χ2n) is 6.67. The van der Waals surface area contributed by atoms with Crippen molar-refractivity contribution in [1.29, 1.82) is 0 Å². The number of nitrogens with zero attached hydrogens (tertiary/aromatic N) is 3. The third-order valence-corrected chi connectivity index (χ3v) is 4.67. The molecule has 1 aromatic heterocycles. The van der Waals surface area contributed by atoms with Gasteiger partial charge in [0.2, 0.25) is 5.88 Å². The maximum Gasteiger partial charge on any atom is 0.334 e. The normalized spacial score (nSPS) is 14.0. The van der Waals surface area contributed by atoms with E-state index in [1.807, 2.05) is 60.7 Å². The minimum absolute atomic E-state index is 0.0372. The van der Waals surface area contributed by atoms with Crippen LogP contribution in [0.5, 0.6) is 5.88 Å². The van der Waals surface area contributed by atoms with Crippen LogP contribution in [0.3, 0.4) is 0 Å². The number of aromatic hydroxyl groups is 1. The number of allylic oxidation sites excluding steroid dienone is 2. The zero-order valence-electron chi connectivity index (χ0n) is 15.6. The lowest BCUT2D eigenvalue weighted by Crippen LogP contribution is -2.41. The lowest BCUT2D eigenvalue weighted by atomic mass is 10.2. The molecule has 0 spiro atoms. The largest absolute Gasteiger partial charge is 0.494 e. The zero-order valence-corrected chi connectivity index (χ0v) is 15.6. The summed E-state index contributed by atoms with van der Waals surface area (Å²) >= 11 is 0. The average Bonchev–Trinajstić information content (AvgIpc) is 3.27. The highest BCUT2D eigenvalue weighted by molar-refractivity contribution is 5.79. The van der Waals surface area contributed by atoms with Gasteiger partial charge in [-0.2, -0.15) is 0 Å². The Hall–Kier alpha value is -3.93. The van der Waals surface area contributed by atoms with Crippen LogP contribution >= 0.6 is 0 Å². The summed E-state index contributed by atoms with van der Waals surface area (Å²) in [5.74, 6) is -0.365. The Morgan fingerprint density at radius 1 is 0.862 bits per heavy atom. The predicted octanol–water partition coefficient (Wildman–Crippen LogP) is 2.79. The van der Waals surface area contributed by atoms with Gasteiger partial charge < -0.3 is 5.11 Å². The molecular weight excluding hydrogens is 366 g/mol. The van der Waals surface area contributed by atoms with E-state index in [-0.39, 0.29) is 24.5 Å². The SMILES string of the molecule is O=c1c(C=C2C=CC=N2)c(O)n(Cc2ccccc2)c(=O)n1Cc1ccccc1. The molecule has 0 fully saturated rings. The quantitative estimate of drug-likeness (QED) is 0.734. The Bertz CT molecular complexity index is 1220. The van der Waals surface area contributed by atoms with Crippen molar-refractivity contribution in [3.8, 4) is 5.88 Å². The Morgan fingerprint density at radius 3 is 2.00 bits per heavy atom. The van der Waals surface area contributed by atoms with E-state index in [1.54, 1.807) is 18.4 Å². The molecule has 29 heavy (non-hydrogen) atoms. The van der Waals surface area contributed by atoms with E-state index in [4.69, 9.17) is 0 Å². The molecule has 0 radical (unpaired) electrons. The maximum absolute atomic E-state index is 13.1. The van der Waals surface area contributed by atoms with Gasteiger partial charge in [0.15, 0.2) is 0 Å². The molecule has 1 aliphatic rings. The van der Waals surface area contributed by atoms with Gasteiger partial charge in [-0.3, -0.25) is 18.9 Å². The molecule has 4 rings (SSSR count). The number of hydrogen-bond acceptors (Lipinski definition) is 4. The van der Waals surface area contributed by atoms with E-state index in [9.17, 15) is 14.7 Å². The lowest BCUT2D eigenvalue weighted by molar-refractivity contribution is 0.398. The second-order valence-corrected chi connectivity index (χ2v) is 6.67. The zero-order chi connectivity index (χ0) is 20.2. The van der Waals surface area contributed by atoms with Crippen LogP contribution in [0.2, 0.25) is 0 Å². The molecule has 144 valence electrons. The molecule has 3 aromatic rings. The molecular formula is C23H19N3O3. The monoisotopic (exact) mass is 385 g/mol. The molecule has 0 amide bonds. The molecule has 2 heterocycles. The fraction of sp³-hybridized carbons (Fsp3) is 0.0870. The Morgan fingerprint density at radius 2 is 1.45 bits per heavy atom. The molecule has 1 aliphatic heterocycles. The number of aromatic nitrogens is 2. The number of rotatable bonds is 5. The fourth-order valence-corrected chi connectivity index (χ4v) is 3.20. The van der Waals surface area contributed by atoms with Crippen molar-refractivity contribution >= 4 is 12.3 Å². The predicted molar refractivity (Wildman–Crippen MR) is 113 cm³/mol. The summed E-state index contributed by atoms with van der Waals surface area (Å²) in [7, 11) is 0. The molecule has 0 saturated carbocycles. The highest BCUT2D eigenvalue weighted by Gasteiger charge is 2.18. The Balaban J connectivity index is 1.90. The average molecular weight is 385 g/mol. The molecule has 2 aromatic carbocycles. The topological polar surface area (TPSA) is 76.6 Å². The lowest BCUT2D eigenvalue weighted by Gasteiger charge is -2.15. The second kappa shape index (κ2) is 7.98. The van der Waals surface area contributed by atoms with Crippen molar-refractivity contribution in [3.63, 3.8) is 0 Å². The molecule has 0 bridgehead atoms. The van der Waals surface area contributed by atoms with Gasteiger partial charge >= 0.3 is 5.69 Å². The van der Waals surface area contributed by atoms with Crippen molar-refractivity contribution in [1.82, 2.24) is 9.13 Å². The summed E-state index contributed by atoms with van der Waals surface area (Å²) in [6.45, 7) is 0.263. The summed E-state index contributed by atoms with van der Waals surface area (Å²) in [5, 5.41) is 10.8. The summed E-state index contributed by atoms with van der Waals surface area (Å²) in [6.07, 6.45) is 6.57. The maximum atomic E-state index is 13.1. The molecule has 6 nitrogen and oxygen atoms in total. The van der Waals surface area contributed by atoms with Gasteiger partial charge in [-0.1, -0.05) is 60.7 Å². The Labute approximate surface area is 167 Å². The van der Waals surface area contributed by atoms with Crippen LogP contribution in [0.15, 0.2) is 93.1 Å². The number of hydrogen-bond donors (Lipinski definition) is 1. The first kappa shape index (κ1) is 18.4. The molecule has 0 unspecified atom stereocenters. The summed E-state index contributed by atoms with van der Waals surface area (Å²) < 4.78 is 2.36. The van der Waals surface area contributed by atoms with E-state index >= 15 is 0 Å². The van der Waals surface area contributed by atoms with Gasteiger partial charge in [-0.05, 0) is 29.4 Å². The van der Waals surface area contributed by atoms with Crippen molar-refractivity contribution < 1.29 is 5.11 Å². The van der Waals surface area contributed by atoms with Crippen LogP contribution in [-0.4, -0.2) is 20.5 Å². The van der Waals surface area contributed by atoms with Gasteiger partial charge in [0.05, 0.1) is 18.8 Å². The van der Waals surface area contributed by atoms with Crippen LogP contribution in [0.25, 0.3) is 6.08 Å². The molecule has 0 aliphatic carbocycles. The van der Waals surface area contributed by atoms with Crippen molar-refractivity contribution in [2.45, 2.75) is 13.1 Å². The summed E-state index contributed by atoms with van der Waals surface area (Å²) in [4.78, 5) is 30.3. The highest BCUT2D eigenvalue weighted by atomic mass is 16.3. The first-order chi connectivity index (χ1) is 14.1. The van der Waals surface area contributed by atoms with Crippen molar-refractivity contribution in [3.05, 3.63) is 116 Å². The van der Waals surface area contributed by atoms with Crippen LogP contribution in [0.4, 0.5) is 0 Å². The fourth-order valence-electron chi connectivity index (χ4n) is 3.20. The van der Waals surface area contributed by atoms with Crippen LogP contribution < -0.4 is 11.2 Å². The van der Waals surface area contributed by atoms with Crippen LogP contribution in [0.1, 0.15) is 16.7 Å². The first-order valence-corrected chi connectivity index (χ1v) is 9.20. The molecule has 6 heteroatoms. The smallest absolute Gasteiger partial charge is 0.334 e. The number of aliphatic imine (C=N–C) groups is 1. The van der Waals surface area contributed by atoms with Crippen LogP contribution in [-0.2, 0) is 13.1 Å². The standard InChI is InChI=1S/C23H19N3O3/c27-21-20(14-19-12-7-13-24-19)22(28)26(16-18-10-5-2-6-11-18)23(29)25(21)15-17-8-3-1-4-9-17/h1-14,27H,15-16H2. The van der Waals surface area contributed by atoms with E-state index in [0.29, 0.717) is 5.70 Å². The van der Waals surface area contributed by atoms with Crippen LogP contribution in [0, 0.1) is 0 Å². The summed E-state index contributed by atoms with van der Waals surface area (Å²) in [5.41, 5.74) is 1.12. The molecule has 0 saturated heterocycles. The van der Waals surface area contributed by atoms with E-state index in [0.717, 1.165) is 15.7 Å². The van der Waals surface area contributed by atoms with Crippen molar-refractivity contribution in [2.24, 2.45) is 4.99 Å². The third-order valence-electron chi connectivity index (χ3n) is 4.67.